The van der Waals surface area contributed by atoms with Gasteiger partial charge in [-0.05, 0) is 55.2 Å². The highest BCUT2D eigenvalue weighted by Gasteiger charge is 2.28. The molecule has 7 nitrogen and oxygen atoms in total. The second kappa shape index (κ2) is 10.7. The van der Waals surface area contributed by atoms with Crippen LogP contribution in [-0.2, 0) is 11.2 Å². The summed E-state index contributed by atoms with van der Waals surface area (Å²) in [6.45, 7) is 1.71. The van der Waals surface area contributed by atoms with Crippen LogP contribution in [0.1, 0.15) is 28.8 Å². The summed E-state index contributed by atoms with van der Waals surface area (Å²) in [6, 6.07) is 13.0. The summed E-state index contributed by atoms with van der Waals surface area (Å²) in [5.74, 6) is 1.88. The standard InChI is InChI=1S/C24H30N2O5/c1-29-20-7-4-17(5-8-20)10-13-25-23(27)18-11-14-26(15-12-18)24(28)19-6-9-21(30-2)22(16-19)31-3/h4-9,16,18H,10-15H2,1-3H3,(H,25,27). The number of methoxy groups -OCH3 is 3. The molecule has 3 rings (SSSR count). The third-order valence-electron chi connectivity index (χ3n) is 5.66. The lowest BCUT2D eigenvalue weighted by Gasteiger charge is -2.31. The van der Waals surface area contributed by atoms with E-state index in [0.29, 0.717) is 49.5 Å². The number of carbonyl (C=O) groups excluding carboxylic acids is 2. The van der Waals surface area contributed by atoms with Crippen molar-refractivity contribution in [2.75, 3.05) is 41.0 Å². The summed E-state index contributed by atoms with van der Waals surface area (Å²) in [5.41, 5.74) is 1.71. The van der Waals surface area contributed by atoms with E-state index in [1.165, 1.54) is 0 Å². The largest absolute Gasteiger partial charge is 0.497 e. The molecule has 0 saturated carbocycles. The van der Waals surface area contributed by atoms with E-state index < -0.39 is 0 Å². The first-order valence-electron chi connectivity index (χ1n) is 10.5. The summed E-state index contributed by atoms with van der Waals surface area (Å²) in [4.78, 5) is 27.2. The SMILES string of the molecule is COc1ccc(CCNC(=O)C2CCN(C(=O)c3ccc(OC)c(OC)c3)CC2)cc1. The van der Waals surface area contributed by atoms with E-state index in [-0.39, 0.29) is 17.7 Å². The van der Waals surface area contributed by atoms with E-state index in [9.17, 15) is 9.59 Å². The number of piperidine rings is 1. The minimum atomic E-state index is -0.0645. The molecule has 0 atom stereocenters. The van der Waals surface area contributed by atoms with Crippen LogP contribution < -0.4 is 19.5 Å². The smallest absolute Gasteiger partial charge is 0.253 e. The molecule has 1 N–H and O–H groups in total. The number of nitrogens with zero attached hydrogens (tertiary/aromatic N) is 1. The molecule has 0 aromatic heterocycles. The lowest BCUT2D eigenvalue weighted by molar-refractivity contribution is -0.126. The van der Waals surface area contributed by atoms with E-state index >= 15 is 0 Å². The fourth-order valence-corrected chi connectivity index (χ4v) is 3.76. The Bertz CT molecular complexity index is 889. The number of hydrogen-bond acceptors (Lipinski definition) is 5. The van der Waals surface area contributed by atoms with Crippen molar-refractivity contribution in [2.45, 2.75) is 19.3 Å². The Balaban J connectivity index is 1.46. The van der Waals surface area contributed by atoms with Gasteiger partial charge >= 0.3 is 0 Å². The van der Waals surface area contributed by atoms with Crippen molar-refractivity contribution < 1.29 is 23.8 Å². The molecule has 166 valence electrons. The molecule has 31 heavy (non-hydrogen) atoms. The van der Waals surface area contributed by atoms with Gasteiger partial charge in [0.25, 0.3) is 5.91 Å². The number of amides is 2. The van der Waals surface area contributed by atoms with Gasteiger partial charge in [0.2, 0.25) is 5.91 Å². The summed E-state index contributed by atoms with van der Waals surface area (Å²) in [6.07, 6.45) is 2.09. The first-order valence-corrected chi connectivity index (χ1v) is 10.5. The fourth-order valence-electron chi connectivity index (χ4n) is 3.76. The zero-order chi connectivity index (χ0) is 22.2. The van der Waals surface area contributed by atoms with Crippen molar-refractivity contribution in [3.8, 4) is 17.2 Å². The Hall–Kier alpha value is -3.22. The molecule has 1 heterocycles. The maximum Gasteiger partial charge on any atom is 0.253 e. The fraction of sp³-hybridized carbons (Fsp3) is 0.417. The maximum absolute atomic E-state index is 12.8. The van der Waals surface area contributed by atoms with Gasteiger partial charge in [-0.2, -0.15) is 0 Å². The zero-order valence-electron chi connectivity index (χ0n) is 18.3. The summed E-state index contributed by atoms with van der Waals surface area (Å²) in [7, 11) is 4.75. The summed E-state index contributed by atoms with van der Waals surface area (Å²) < 4.78 is 15.7. The third-order valence-corrected chi connectivity index (χ3v) is 5.66. The Kier molecular flexibility index (Phi) is 7.76. The molecule has 1 fully saturated rings. The average Bonchev–Trinajstić information content (AvgIpc) is 2.83. The second-order valence-corrected chi connectivity index (χ2v) is 7.53. The van der Waals surface area contributed by atoms with Crippen molar-refractivity contribution in [3.05, 3.63) is 53.6 Å². The van der Waals surface area contributed by atoms with Gasteiger partial charge in [-0.3, -0.25) is 9.59 Å². The van der Waals surface area contributed by atoms with Gasteiger partial charge in [0.1, 0.15) is 5.75 Å². The Morgan fingerprint density at radius 2 is 1.61 bits per heavy atom. The number of carbonyl (C=O) groups is 2. The Morgan fingerprint density at radius 1 is 0.935 bits per heavy atom. The minimum absolute atomic E-state index is 0.0562. The van der Waals surface area contributed by atoms with E-state index in [2.05, 4.69) is 5.32 Å². The molecule has 2 amide bonds. The molecule has 2 aromatic rings. The van der Waals surface area contributed by atoms with Crippen LogP contribution in [0.5, 0.6) is 17.2 Å². The predicted molar refractivity (Wildman–Crippen MR) is 118 cm³/mol. The van der Waals surface area contributed by atoms with Gasteiger partial charge < -0.3 is 24.4 Å². The number of nitrogens with one attached hydrogen (secondary N) is 1. The van der Waals surface area contributed by atoms with Gasteiger partial charge in [0, 0.05) is 31.1 Å². The highest BCUT2D eigenvalue weighted by Crippen LogP contribution is 2.29. The average molecular weight is 427 g/mol. The first-order chi connectivity index (χ1) is 15.0. The van der Waals surface area contributed by atoms with Gasteiger partial charge in [-0.25, -0.2) is 0 Å². The monoisotopic (exact) mass is 426 g/mol. The summed E-state index contributed by atoms with van der Waals surface area (Å²) >= 11 is 0. The van der Waals surface area contributed by atoms with Crippen LogP contribution in [0.25, 0.3) is 0 Å². The molecule has 0 bridgehead atoms. The van der Waals surface area contributed by atoms with Gasteiger partial charge in [-0.15, -0.1) is 0 Å². The second-order valence-electron chi connectivity index (χ2n) is 7.53. The third kappa shape index (κ3) is 5.69. The highest BCUT2D eigenvalue weighted by atomic mass is 16.5. The van der Waals surface area contributed by atoms with Crippen molar-refractivity contribution in [2.24, 2.45) is 5.92 Å². The summed E-state index contributed by atoms with van der Waals surface area (Å²) in [5, 5.41) is 3.03. The maximum atomic E-state index is 12.8. The van der Waals surface area contributed by atoms with Gasteiger partial charge in [-0.1, -0.05) is 12.1 Å². The molecule has 0 radical (unpaired) electrons. The lowest BCUT2D eigenvalue weighted by atomic mass is 9.95. The highest BCUT2D eigenvalue weighted by molar-refractivity contribution is 5.95. The Morgan fingerprint density at radius 3 is 2.23 bits per heavy atom. The molecule has 0 aliphatic carbocycles. The van der Waals surface area contributed by atoms with Gasteiger partial charge in [0.05, 0.1) is 21.3 Å². The van der Waals surface area contributed by atoms with Crippen molar-refractivity contribution >= 4 is 11.8 Å². The quantitative estimate of drug-likeness (QED) is 0.702. The number of likely N-dealkylation sites (tertiary alicyclic amines) is 1. The van der Waals surface area contributed by atoms with E-state index in [1.807, 2.05) is 24.3 Å². The van der Waals surface area contributed by atoms with E-state index in [0.717, 1.165) is 17.7 Å². The van der Waals surface area contributed by atoms with E-state index in [4.69, 9.17) is 14.2 Å². The molecule has 2 aromatic carbocycles. The van der Waals surface area contributed by atoms with E-state index in [1.54, 1.807) is 44.4 Å². The van der Waals surface area contributed by atoms with Crippen LogP contribution in [0.3, 0.4) is 0 Å². The molecule has 0 spiro atoms. The number of ether oxygens (including phenoxy) is 3. The minimum Gasteiger partial charge on any atom is -0.497 e. The van der Waals surface area contributed by atoms with Crippen LogP contribution in [-0.4, -0.2) is 57.7 Å². The van der Waals surface area contributed by atoms with Crippen LogP contribution in [0.4, 0.5) is 0 Å². The molecule has 1 aliphatic heterocycles. The van der Waals surface area contributed by atoms with Gasteiger partial charge in [0.15, 0.2) is 11.5 Å². The predicted octanol–water partition coefficient (Wildman–Crippen LogP) is 2.92. The first kappa shape index (κ1) is 22.5. The molecule has 7 heteroatoms. The lowest BCUT2D eigenvalue weighted by Crippen LogP contribution is -2.43. The van der Waals surface area contributed by atoms with Crippen molar-refractivity contribution in [3.63, 3.8) is 0 Å². The molecule has 1 saturated heterocycles. The van der Waals surface area contributed by atoms with Crippen molar-refractivity contribution in [1.82, 2.24) is 10.2 Å². The number of rotatable bonds is 8. The van der Waals surface area contributed by atoms with Crippen LogP contribution in [0, 0.1) is 5.92 Å². The molecule has 0 unspecified atom stereocenters. The van der Waals surface area contributed by atoms with Crippen LogP contribution in [0.2, 0.25) is 0 Å². The number of benzene rings is 2. The topological polar surface area (TPSA) is 77.1 Å². The molecular weight excluding hydrogens is 396 g/mol. The molecular formula is C24H30N2O5. The Labute approximate surface area is 183 Å². The molecule has 1 aliphatic rings. The normalized spacial score (nSPS) is 14.1. The van der Waals surface area contributed by atoms with Crippen LogP contribution in [0.15, 0.2) is 42.5 Å². The van der Waals surface area contributed by atoms with Crippen LogP contribution >= 0.6 is 0 Å². The zero-order valence-corrected chi connectivity index (χ0v) is 18.3. The van der Waals surface area contributed by atoms with Crippen molar-refractivity contribution in [1.29, 1.82) is 0 Å². The number of hydrogen-bond donors (Lipinski definition) is 1.